The van der Waals surface area contributed by atoms with Crippen LogP contribution in [0.15, 0.2) is 23.6 Å². The first-order chi connectivity index (χ1) is 9.81. The molecule has 1 aromatic heterocycles. The maximum atomic E-state index is 6.10. The summed E-state index contributed by atoms with van der Waals surface area (Å²) in [5.41, 5.74) is 6.39. The van der Waals surface area contributed by atoms with Gasteiger partial charge in [0.1, 0.15) is 0 Å². The lowest BCUT2D eigenvalue weighted by molar-refractivity contribution is 0.539. The summed E-state index contributed by atoms with van der Waals surface area (Å²) in [6, 6.07) is 5.90. The summed E-state index contributed by atoms with van der Waals surface area (Å²) >= 11 is 7.79. The molecule has 2 rings (SSSR count). The van der Waals surface area contributed by atoms with Crippen molar-refractivity contribution in [2.75, 3.05) is 0 Å². The number of hydrazine groups is 1. The minimum atomic E-state index is 0.0164. The maximum absolute atomic E-state index is 6.10. The molecule has 2 aromatic rings. The van der Waals surface area contributed by atoms with Crippen molar-refractivity contribution < 1.29 is 0 Å². The quantitative estimate of drug-likeness (QED) is 0.656. The van der Waals surface area contributed by atoms with Gasteiger partial charge < -0.3 is 0 Å². The van der Waals surface area contributed by atoms with Gasteiger partial charge in [-0.3, -0.25) is 11.3 Å². The fraction of sp³-hybridized carbons (Fsp3) is 0.438. The normalized spacial score (nSPS) is 13.4. The van der Waals surface area contributed by atoms with Gasteiger partial charge in [-0.05, 0) is 30.2 Å². The molecule has 1 heterocycles. The Morgan fingerprint density at radius 3 is 2.67 bits per heavy atom. The van der Waals surface area contributed by atoms with Crippen molar-refractivity contribution in [2.45, 2.75) is 45.6 Å². The van der Waals surface area contributed by atoms with Crippen LogP contribution in [0.1, 0.15) is 48.6 Å². The molecule has 21 heavy (non-hydrogen) atoms. The van der Waals surface area contributed by atoms with Gasteiger partial charge in [-0.25, -0.2) is 4.98 Å². The van der Waals surface area contributed by atoms with Gasteiger partial charge in [0.2, 0.25) is 0 Å². The van der Waals surface area contributed by atoms with Gasteiger partial charge in [0, 0.05) is 22.2 Å². The van der Waals surface area contributed by atoms with Crippen LogP contribution in [0.4, 0.5) is 0 Å². The second-order valence-corrected chi connectivity index (χ2v) is 7.68. The molecule has 3 nitrogen and oxygen atoms in total. The predicted octanol–water partition coefficient (Wildman–Crippen LogP) is 4.15. The summed E-state index contributed by atoms with van der Waals surface area (Å²) < 4.78 is 0. The summed E-state index contributed by atoms with van der Waals surface area (Å²) in [5, 5.41) is 3.95. The lowest BCUT2D eigenvalue weighted by atomic mass is 9.93. The molecule has 1 atom stereocenters. The smallest absolute Gasteiger partial charge is 0.0948 e. The molecule has 0 aliphatic heterocycles. The molecule has 0 fully saturated rings. The van der Waals surface area contributed by atoms with Gasteiger partial charge in [0.05, 0.1) is 16.7 Å². The standard InChI is InChI=1S/C16H22ClN3S/c1-10-5-6-11(17)7-12(10)13(20-18)8-15-19-14(9-21-15)16(2,3)4/h5-7,9,13,20H,8,18H2,1-4H3. The number of aryl methyl sites for hydroxylation is 1. The van der Waals surface area contributed by atoms with Crippen molar-refractivity contribution in [1.29, 1.82) is 0 Å². The third-order valence-electron chi connectivity index (χ3n) is 3.52. The van der Waals surface area contributed by atoms with E-state index in [2.05, 4.69) is 38.5 Å². The summed E-state index contributed by atoms with van der Waals surface area (Å²) in [4.78, 5) is 4.74. The van der Waals surface area contributed by atoms with Crippen molar-refractivity contribution in [1.82, 2.24) is 10.4 Å². The zero-order valence-electron chi connectivity index (χ0n) is 12.9. The maximum Gasteiger partial charge on any atom is 0.0948 e. The Morgan fingerprint density at radius 2 is 2.10 bits per heavy atom. The van der Waals surface area contributed by atoms with Crippen LogP contribution >= 0.6 is 22.9 Å². The van der Waals surface area contributed by atoms with Crippen molar-refractivity contribution in [3.8, 4) is 0 Å². The molecule has 0 saturated carbocycles. The number of benzene rings is 1. The molecule has 114 valence electrons. The number of nitrogens with two attached hydrogens (primary N) is 1. The number of halogens is 1. The van der Waals surface area contributed by atoms with Crippen LogP contribution in [0.5, 0.6) is 0 Å². The first kappa shape index (κ1) is 16.4. The highest BCUT2D eigenvalue weighted by Gasteiger charge is 2.20. The molecule has 0 aliphatic rings. The van der Waals surface area contributed by atoms with Crippen LogP contribution in [0.2, 0.25) is 5.02 Å². The topological polar surface area (TPSA) is 50.9 Å². The Balaban J connectivity index is 2.23. The monoisotopic (exact) mass is 323 g/mol. The van der Waals surface area contributed by atoms with E-state index in [0.717, 1.165) is 27.7 Å². The second kappa shape index (κ2) is 6.44. The van der Waals surface area contributed by atoms with Crippen molar-refractivity contribution in [3.63, 3.8) is 0 Å². The van der Waals surface area contributed by atoms with Crippen molar-refractivity contribution >= 4 is 22.9 Å². The Bertz CT molecular complexity index is 616. The predicted molar refractivity (Wildman–Crippen MR) is 90.8 cm³/mol. The second-order valence-electron chi connectivity index (χ2n) is 6.30. The highest BCUT2D eigenvalue weighted by atomic mass is 35.5. The number of hydrogen-bond acceptors (Lipinski definition) is 4. The summed E-state index contributed by atoms with van der Waals surface area (Å²) in [5.74, 6) is 5.75. The van der Waals surface area contributed by atoms with E-state index in [1.807, 2.05) is 18.2 Å². The van der Waals surface area contributed by atoms with E-state index in [-0.39, 0.29) is 11.5 Å². The molecular weight excluding hydrogens is 302 g/mol. The molecular formula is C16H22ClN3S. The van der Waals surface area contributed by atoms with Crippen LogP contribution in [0.3, 0.4) is 0 Å². The van der Waals surface area contributed by atoms with E-state index >= 15 is 0 Å². The van der Waals surface area contributed by atoms with Crippen LogP contribution in [0.25, 0.3) is 0 Å². The van der Waals surface area contributed by atoms with E-state index in [4.69, 9.17) is 22.4 Å². The lowest BCUT2D eigenvalue weighted by Gasteiger charge is -2.18. The molecule has 0 radical (unpaired) electrons. The minimum absolute atomic E-state index is 0.0164. The van der Waals surface area contributed by atoms with Crippen LogP contribution < -0.4 is 11.3 Å². The van der Waals surface area contributed by atoms with E-state index in [1.165, 1.54) is 5.56 Å². The highest BCUT2D eigenvalue weighted by molar-refractivity contribution is 7.09. The summed E-state index contributed by atoms with van der Waals surface area (Å²) in [6.07, 6.45) is 0.762. The van der Waals surface area contributed by atoms with E-state index in [1.54, 1.807) is 11.3 Å². The number of rotatable bonds is 4. The zero-order valence-corrected chi connectivity index (χ0v) is 14.5. The summed E-state index contributed by atoms with van der Waals surface area (Å²) in [7, 11) is 0. The minimum Gasteiger partial charge on any atom is -0.271 e. The molecule has 0 saturated heterocycles. The largest absolute Gasteiger partial charge is 0.271 e. The fourth-order valence-corrected chi connectivity index (χ4v) is 3.42. The third-order valence-corrected chi connectivity index (χ3v) is 4.62. The van der Waals surface area contributed by atoms with Crippen LogP contribution in [0, 0.1) is 6.92 Å². The Morgan fingerprint density at radius 1 is 1.38 bits per heavy atom. The summed E-state index contributed by atoms with van der Waals surface area (Å²) in [6.45, 7) is 8.58. The number of nitrogens with one attached hydrogen (secondary N) is 1. The van der Waals surface area contributed by atoms with Gasteiger partial charge in [-0.2, -0.15) is 0 Å². The van der Waals surface area contributed by atoms with Gasteiger partial charge in [0.25, 0.3) is 0 Å². The third kappa shape index (κ3) is 4.04. The highest BCUT2D eigenvalue weighted by Crippen LogP contribution is 2.28. The van der Waals surface area contributed by atoms with Crippen LogP contribution in [-0.2, 0) is 11.8 Å². The van der Waals surface area contributed by atoms with Gasteiger partial charge >= 0.3 is 0 Å². The van der Waals surface area contributed by atoms with Crippen LogP contribution in [-0.4, -0.2) is 4.98 Å². The fourth-order valence-electron chi connectivity index (χ4n) is 2.17. The molecule has 0 aliphatic carbocycles. The first-order valence-electron chi connectivity index (χ1n) is 6.98. The van der Waals surface area contributed by atoms with Gasteiger partial charge in [0.15, 0.2) is 0 Å². The van der Waals surface area contributed by atoms with E-state index in [0.29, 0.717) is 0 Å². The Kier molecular flexibility index (Phi) is 5.04. The zero-order chi connectivity index (χ0) is 15.6. The van der Waals surface area contributed by atoms with E-state index in [9.17, 15) is 0 Å². The van der Waals surface area contributed by atoms with Crippen molar-refractivity contribution in [2.24, 2.45) is 5.84 Å². The first-order valence-corrected chi connectivity index (χ1v) is 8.24. The molecule has 1 unspecified atom stereocenters. The van der Waals surface area contributed by atoms with Gasteiger partial charge in [-0.15, -0.1) is 11.3 Å². The Hall–Kier alpha value is -0.940. The number of thiazole rings is 1. The average Bonchev–Trinajstić information content (AvgIpc) is 2.87. The molecule has 0 spiro atoms. The Labute approximate surface area is 135 Å². The number of nitrogens with zero attached hydrogens (tertiary/aromatic N) is 1. The van der Waals surface area contributed by atoms with Gasteiger partial charge in [-0.1, -0.05) is 38.4 Å². The molecule has 0 amide bonds. The lowest BCUT2D eigenvalue weighted by Crippen LogP contribution is -2.30. The van der Waals surface area contributed by atoms with Crippen molar-refractivity contribution in [3.05, 3.63) is 50.4 Å². The number of hydrogen-bond donors (Lipinski definition) is 2. The molecule has 1 aromatic carbocycles. The molecule has 5 heteroatoms. The van der Waals surface area contributed by atoms with E-state index < -0.39 is 0 Å². The SMILES string of the molecule is Cc1ccc(Cl)cc1C(Cc1nc(C(C)(C)C)cs1)NN. The number of aromatic nitrogens is 1. The molecule has 3 N–H and O–H groups in total. The average molecular weight is 324 g/mol. The molecule has 0 bridgehead atoms.